The minimum absolute atomic E-state index is 0.0427. The molecule has 4 rings (SSSR count). The maximum atomic E-state index is 13.5. The lowest BCUT2D eigenvalue weighted by atomic mass is 9.85. The second-order valence-corrected chi connectivity index (χ2v) is 12.4. The Kier molecular flexibility index (Phi) is 8.21. The second-order valence-electron chi connectivity index (χ2n) is 10.5. The van der Waals surface area contributed by atoms with Crippen LogP contribution in [0, 0.1) is 11.8 Å². The van der Waals surface area contributed by atoms with Gasteiger partial charge in [-0.2, -0.15) is 4.31 Å². The molecule has 0 bridgehead atoms. The number of hydrogen-bond donors (Lipinski definition) is 0. The van der Waals surface area contributed by atoms with E-state index in [4.69, 9.17) is 0 Å². The van der Waals surface area contributed by atoms with Crippen molar-refractivity contribution >= 4 is 15.9 Å². The van der Waals surface area contributed by atoms with Crippen molar-refractivity contribution in [2.45, 2.75) is 75.7 Å². The molecule has 0 spiro atoms. The van der Waals surface area contributed by atoms with Crippen LogP contribution in [0.25, 0.3) is 0 Å². The van der Waals surface area contributed by atoms with Crippen molar-refractivity contribution in [3.63, 3.8) is 0 Å². The molecule has 1 aromatic carbocycles. The molecular formula is C25H36F3N3O4S. The highest BCUT2D eigenvalue weighted by Crippen LogP contribution is 2.37. The molecule has 0 atom stereocenters. The van der Waals surface area contributed by atoms with Crippen LogP contribution in [0.15, 0.2) is 29.2 Å². The summed E-state index contributed by atoms with van der Waals surface area (Å²) in [6.07, 6.45) is -0.406. The molecule has 0 unspecified atom stereocenters. The van der Waals surface area contributed by atoms with Crippen molar-refractivity contribution in [1.82, 2.24) is 14.1 Å². The van der Waals surface area contributed by atoms with E-state index in [9.17, 15) is 26.4 Å². The number of ether oxygens (including phenoxy) is 1. The van der Waals surface area contributed by atoms with Gasteiger partial charge in [0.25, 0.3) is 0 Å². The zero-order valence-corrected chi connectivity index (χ0v) is 21.7. The summed E-state index contributed by atoms with van der Waals surface area (Å²) in [7, 11) is -3.89. The highest BCUT2D eigenvalue weighted by molar-refractivity contribution is 7.89. The molecule has 2 saturated carbocycles. The largest absolute Gasteiger partial charge is 0.573 e. The van der Waals surface area contributed by atoms with Gasteiger partial charge < -0.3 is 9.64 Å². The van der Waals surface area contributed by atoms with Gasteiger partial charge in [0.15, 0.2) is 0 Å². The summed E-state index contributed by atoms with van der Waals surface area (Å²) < 4.78 is 69.9. The van der Waals surface area contributed by atoms with Crippen molar-refractivity contribution in [1.29, 1.82) is 0 Å². The van der Waals surface area contributed by atoms with Crippen molar-refractivity contribution in [2.75, 3.05) is 32.7 Å². The van der Waals surface area contributed by atoms with Gasteiger partial charge in [0.1, 0.15) is 5.75 Å². The molecule has 0 N–H and O–H groups in total. The lowest BCUT2D eigenvalue weighted by molar-refractivity contribution is -0.274. The van der Waals surface area contributed by atoms with Crippen LogP contribution in [-0.4, -0.2) is 79.6 Å². The first-order chi connectivity index (χ1) is 16.9. The van der Waals surface area contributed by atoms with Crippen molar-refractivity contribution in [3.05, 3.63) is 24.3 Å². The minimum atomic E-state index is -4.84. The maximum Gasteiger partial charge on any atom is 0.573 e. The fraction of sp³-hybridized carbons (Fsp3) is 0.720. The van der Waals surface area contributed by atoms with Crippen molar-refractivity contribution in [2.24, 2.45) is 11.8 Å². The van der Waals surface area contributed by atoms with Gasteiger partial charge in [-0.15, -0.1) is 13.2 Å². The summed E-state index contributed by atoms with van der Waals surface area (Å²) in [5.74, 6) is -0.0579. The number of carbonyl (C=O) groups excluding carboxylic acids is 1. The first-order valence-corrected chi connectivity index (χ1v) is 14.3. The zero-order valence-electron chi connectivity index (χ0n) is 20.9. The Balaban J connectivity index is 1.39. The van der Waals surface area contributed by atoms with E-state index in [1.54, 1.807) is 0 Å². The average molecular weight is 532 g/mol. The molecule has 0 aromatic heterocycles. The Bertz CT molecular complexity index is 996. The molecule has 202 valence electrons. The first kappa shape index (κ1) is 27.2. The molecule has 1 amide bonds. The molecule has 1 heterocycles. The topological polar surface area (TPSA) is 70.2 Å². The molecule has 2 aliphatic carbocycles. The lowest BCUT2D eigenvalue weighted by Gasteiger charge is -2.40. The predicted octanol–water partition coefficient (Wildman–Crippen LogP) is 4.10. The van der Waals surface area contributed by atoms with Gasteiger partial charge in [0.05, 0.1) is 4.90 Å². The van der Waals surface area contributed by atoms with Crippen LogP contribution in [0.3, 0.4) is 0 Å². The Morgan fingerprint density at radius 2 is 1.58 bits per heavy atom. The first-order valence-electron chi connectivity index (χ1n) is 12.8. The van der Waals surface area contributed by atoms with Gasteiger partial charge in [-0.05, 0) is 82.6 Å². The van der Waals surface area contributed by atoms with Gasteiger partial charge >= 0.3 is 6.36 Å². The molecule has 11 heteroatoms. The van der Waals surface area contributed by atoms with Gasteiger partial charge in [-0.25, -0.2) is 8.42 Å². The molecule has 3 fully saturated rings. The van der Waals surface area contributed by atoms with E-state index in [1.165, 1.54) is 16.4 Å². The highest BCUT2D eigenvalue weighted by Gasteiger charge is 2.40. The number of amides is 1. The number of nitrogens with zero attached hydrogens (tertiary/aromatic N) is 3. The third kappa shape index (κ3) is 6.72. The zero-order chi connectivity index (χ0) is 26.1. The number of alkyl halides is 3. The number of rotatable bonds is 8. The summed E-state index contributed by atoms with van der Waals surface area (Å²) in [4.78, 5) is 17.4. The van der Waals surface area contributed by atoms with E-state index >= 15 is 0 Å². The SMILES string of the molecule is CC(C)N1CCN(C(=O)[C@H]2CC[C@H](N(CC3CC3)S(=O)(=O)c3ccc(OC(F)(F)F)cc3)CC2)CC1. The third-order valence-corrected chi connectivity index (χ3v) is 9.54. The third-order valence-electron chi connectivity index (χ3n) is 7.61. The van der Waals surface area contributed by atoms with E-state index < -0.39 is 22.1 Å². The highest BCUT2D eigenvalue weighted by atomic mass is 32.2. The Hall–Kier alpha value is -1.85. The van der Waals surface area contributed by atoms with E-state index in [2.05, 4.69) is 23.5 Å². The molecule has 1 aromatic rings. The van der Waals surface area contributed by atoms with Gasteiger partial charge in [-0.1, -0.05) is 0 Å². The number of benzene rings is 1. The summed E-state index contributed by atoms with van der Waals surface area (Å²) in [5.41, 5.74) is 0. The molecule has 7 nitrogen and oxygen atoms in total. The normalized spacial score (nSPS) is 24.4. The monoisotopic (exact) mass is 531 g/mol. The fourth-order valence-electron chi connectivity index (χ4n) is 5.27. The van der Waals surface area contributed by atoms with E-state index in [-0.39, 0.29) is 22.8 Å². The van der Waals surface area contributed by atoms with Gasteiger partial charge in [0.2, 0.25) is 15.9 Å². The minimum Gasteiger partial charge on any atom is -0.406 e. The maximum absolute atomic E-state index is 13.5. The Labute approximate surface area is 211 Å². The predicted molar refractivity (Wildman–Crippen MR) is 129 cm³/mol. The molecular weight excluding hydrogens is 495 g/mol. The second kappa shape index (κ2) is 10.9. The Morgan fingerprint density at radius 1 is 1.00 bits per heavy atom. The Morgan fingerprint density at radius 3 is 2.08 bits per heavy atom. The fourth-order valence-corrected chi connectivity index (χ4v) is 7.04. The van der Waals surface area contributed by atoms with E-state index in [1.807, 2.05) is 4.90 Å². The average Bonchev–Trinajstić information content (AvgIpc) is 3.66. The van der Waals surface area contributed by atoms with Crippen LogP contribution in [0.5, 0.6) is 5.75 Å². The molecule has 0 radical (unpaired) electrons. The van der Waals surface area contributed by atoms with E-state index in [0.717, 1.165) is 51.2 Å². The number of carbonyl (C=O) groups is 1. The van der Waals surface area contributed by atoms with Crippen LogP contribution < -0.4 is 4.74 Å². The number of hydrogen-bond acceptors (Lipinski definition) is 5. The summed E-state index contributed by atoms with van der Waals surface area (Å²) in [6, 6.07) is 4.65. The summed E-state index contributed by atoms with van der Waals surface area (Å²) in [5, 5.41) is 0. The van der Waals surface area contributed by atoms with E-state index in [0.29, 0.717) is 44.2 Å². The van der Waals surface area contributed by atoms with Crippen LogP contribution in [0.1, 0.15) is 52.4 Å². The summed E-state index contributed by atoms with van der Waals surface area (Å²) >= 11 is 0. The standard InChI is InChI=1S/C25H36F3N3O4S/c1-18(2)29-13-15-30(16-14-29)24(32)20-5-7-21(8-6-20)31(17-19-3-4-19)36(33,34)23-11-9-22(10-12-23)35-25(26,27)28/h9-12,18-21H,3-8,13-17H2,1-2H3/t20-,21-. The van der Waals surface area contributed by atoms with Gasteiger partial charge in [0, 0.05) is 50.7 Å². The smallest absolute Gasteiger partial charge is 0.406 e. The number of halogens is 3. The number of piperazine rings is 1. The summed E-state index contributed by atoms with van der Waals surface area (Å²) in [6.45, 7) is 7.93. The quantitative estimate of drug-likeness (QED) is 0.505. The van der Waals surface area contributed by atoms with Crippen LogP contribution in [0.2, 0.25) is 0 Å². The van der Waals surface area contributed by atoms with Crippen LogP contribution in [-0.2, 0) is 14.8 Å². The van der Waals surface area contributed by atoms with Crippen LogP contribution in [0.4, 0.5) is 13.2 Å². The number of sulfonamides is 1. The van der Waals surface area contributed by atoms with Crippen molar-refractivity contribution < 1.29 is 31.1 Å². The van der Waals surface area contributed by atoms with Crippen molar-refractivity contribution in [3.8, 4) is 5.75 Å². The van der Waals surface area contributed by atoms with Crippen LogP contribution >= 0.6 is 0 Å². The molecule has 3 aliphatic rings. The van der Waals surface area contributed by atoms with Gasteiger partial charge in [-0.3, -0.25) is 9.69 Å². The molecule has 36 heavy (non-hydrogen) atoms. The molecule has 1 saturated heterocycles. The lowest BCUT2D eigenvalue weighted by Crippen LogP contribution is -2.52. The molecule has 1 aliphatic heterocycles.